The van der Waals surface area contributed by atoms with E-state index >= 15 is 0 Å². The first kappa shape index (κ1) is 24.9. The van der Waals surface area contributed by atoms with Crippen LogP contribution in [-0.2, 0) is 22.6 Å². The van der Waals surface area contributed by atoms with E-state index in [0.29, 0.717) is 23.2 Å². The number of allylic oxidation sites excluding steroid dienone is 2. The Labute approximate surface area is 219 Å². The maximum atomic E-state index is 13.7. The van der Waals surface area contributed by atoms with Crippen molar-refractivity contribution in [3.63, 3.8) is 0 Å². The number of carbonyl (C=O) groups is 3. The molecule has 1 aromatic heterocycles. The summed E-state index contributed by atoms with van der Waals surface area (Å²) < 4.78 is 1.86. The summed E-state index contributed by atoms with van der Waals surface area (Å²) >= 11 is 0. The number of fused-ring (bicyclic) bond motifs is 1. The van der Waals surface area contributed by atoms with Crippen LogP contribution >= 0.6 is 0 Å². The van der Waals surface area contributed by atoms with Crippen molar-refractivity contribution < 1.29 is 24.6 Å². The number of hydrogen-bond donors (Lipinski definition) is 2. The zero-order chi connectivity index (χ0) is 26.9. The fourth-order valence-corrected chi connectivity index (χ4v) is 5.29. The molecular formula is C31H26N2O5. The predicted octanol–water partition coefficient (Wildman–Crippen LogP) is 5.17. The molecule has 0 spiro atoms. The van der Waals surface area contributed by atoms with Gasteiger partial charge in [-0.25, -0.2) is 9.78 Å². The highest BCUT2D eigenvalue weighted by molar-refractivity contribution is 6.20. The maximum absolute atomic E-state index is 13.7. The number of aliphatic carboxylic acids is 2. The third kappa shape index (κ3) is 4.32. The Kier molecular flexibility index (Phi) is 6.51. The Morgan fingerprint density at radius 1 is 0.947 bits per heavy atom. The van der Waals surface area contributed by atoms with Gasteiger partial charge in [0.1, 0.15) is 0 Å². The van der Waals surface area contributed by atoms with Crippen LogP contribution in [0, 0.1) is 11.3 Å². The van der Waals surface area contributed by atoms with Gasteiger partial charge in [-0.05, 0) is 16.3 Å². The number of Topliss-reactive ketones (excluding diaryl/α,β-unsaturated/α-hetero) is 1. The maximum Gasteiger partial charge on any atom is 0.332 e. The van der Waals surface area contributed by atoms with E-state index in [1.54, 1.807) is 31.6 Å². The molecule has 2 N–H and O–H groups in total. The summed E-state index contributed by atoms with van der Waals surface area (Å²) in [7, 11) is 0. The van der Waals surface area contributed by atoms with Gasteiger partial charge in [0, 0.05) is 41.9 Å². The van der Waals surface area contributed by atoms with Gasteiger partial charge in [0.25, 0.3) is 0 Å². The topological polar surface area (TPSA) is 109 Å². The third-order valence-electron chi connectivity index (χ3n) is 7.42. The predicted molar refractivity (Wildman–Crippen MR) is 143 cm³/mol. The van der Waals surface area contributed by atoms with E-state index in [1.165, 1.54) is 12.2 Å². The smallest absolute Gasteiger partial charge is 0.332 e. The Bertz CT molecular complexity index is 1610. The van der Waals surface area contributed by atoms with Crippen LogP contribution in [0.25, 0.3) is 10.8 Å². The van der Waals surface area contributed by atoms with Gasteiger partial charge in [-0.3, -0.25) is 9.59 Å². The van der Waals surface area contributed by atoms with Gasteiger partial charge in [-0.1, -0.05) is 91.9 Å². The largest absolute Gasteiger partial charge is 0.481 e. The second-order valence-corrected chi connectivity index (χ2v) is 9.56. The van der Waals surface area contributed by atoms with Gasteiger partial charge in [0.15, 0.2) is 5.78 Å². The molecule has 5 rings (SSSR count). The number of nitrogens with zero attached hydrogens (tertiary/aromatic N) is 2. The van der Waals surface area contributed by atoms with E-state index in [-0.39, 0.29) is 17.6 Å². The number of carboxylic acid groups (broad SMARTS) is 2. The van der Waals surface area contributed by atoms with E-state index in [4.69, 9.17) is 0 Å². The first-order valence-electron chi connectivity index (χ1n) is 12.3. The molecular weight excluding hydrogens is 480 g/mol. The molecule has 1 aliphatic carbocycles. The van der Waals surface area contributed by atoms with Gasteiger partial charge >= 0.3 is 11.9 Å². The molecule has 7 nitrogen and oxygen atoms in total. The molecule has 3 aromatic carbocycles. The number of hydrogen-bond acceptors (Lipinski definition) is 4. The molecule has 0 bridgehead atoms. The van der Waals surface area contributed by atoms with Gasteiger partial charge in [-0.15, -0.1) is 0 Å². The lowest BCUT2D eigenvalue weighted by atomic mass is 9.65. The zero-order valence-corrected chi connectivity index (χ0v) is 20.7. The van der Waals surface area contributed by atoms with Gasteiger partial charge in [-0.2, -0.15) is 0 Å². The minimum Gasteiger partial charge on any atom is -0.481 e. The zero-order valence-electron chi connectivity index (χ0n) is 20.7. The molecule has 0 aliphatic heterocycles. The van der Waals surface area contributed by atoms with Gasteiger partial charge in [0.05, 0.1) is 17.3 Å². The Hall–Kier alpha value is -4.78. The number of rotatable bonds is 8. The first-order valence-corrected chi connectivity index (χ1v) is 12.3. The summed E-state index contributed by atoms with van der Waals surface area (Å²) in [6.07, 6.45) is 6.11. The average molecular weight is 507 g/mol. The quantitative estimate of drug-likeness (QED) is 0.319. The van der Waals surface area contributed by atoms with Crippen molar-refractivity contribution in [1.29, 1.82) is 0 Å². The fourth-order valence-electron chi connectivity index (χ4n) is 5.29. The SMILES string of the molecule is CC1C(C(=O)O)=C(C(=O)c2cccc3ccccc23)C=CC1(Cc1cncn1Cc1ccccc1)C(=O)O. The standard InChI is InChI=1S/C31H26N2O5/c1-20-27(29(35)36)26(28(34)25-13-7-11-22-10-5-6-12-24(22)25)14-15-31(20,30(37)38)16-23-17-32-19-33(23)18-21-8-3-2-4-9-21/h2-15,17,19-20H,16,18H2,1H3,(H,35,36)(H,37,38). The van der Waals surface area contributed by atoms with Gasteiger partial charge in [0.2, 0.25) is 0 Å². The van der Waals surface area contributed by atoms with E-state index in [2.05, 4.69) is 4.98 Å². The molecule has 1 heterocycles. The van der Waals surface area contributed by atoms with Crippen LogP contribution in [0.4, 0.5) is 0 Å². The summed E-state index contributed by atoms with van der Waals surface area (Å²) in [5, 5.41) is 22.2. The van der Waals surface area contributed by atoms with Crippen LogP contribution in [0.2, 0.25) is 0 Å². The molecule has 0 radical (unpaired) electrons. The number of carboxylic acids is 2. The molecule has 7 heteroatoms. The van der Waals surface area contributed by atoms with Crippen molar-refractivity contribution in [2.24, 2.45) is 11.3 Å². The second kappa shape index (κ2) is 9.94. The summed E-state index contributed by atoms with van der Waals surface area (Å²) in [6.45, 7) is 2.06. The summed E-state index contributed by atoms with van der Waals surface area (Å²) in [4.78, 5) is 43.3. The Morgan fingerprint density at radius 3 is 2.39 bits per heavy atom. The summed E-state index contributed by atoms with van der Waals surface area (Å²) in [5.41, 5.74) is 0.263. The molecule has 0 amide bonds. The van der Waals surface area contributed by atoms with Gasteiger partial charge < -0.3 is 14.8 Å². The van der Waals surface area contributed by atoms with Crippen LogP contribution in [0.3, 0.4) is 0 Å². The lowest BCUT2D eigenvalue weighted by molar-refractivity contribution is -0.148. The van der Waals surface area contributed by atoms with Crippen LogP contribution in [0.1, 0.15) is 28.5 Å². The first-order chi connectivity index (χ1) is 18.3. The highest BCUT2D eigenvalue weighted by Crippen LogP contribution is 2.44. The fraction of sp³-hybridized carbons (Fsp3) is 0.161. The summed E-state index contributed by atoms with van der Waals surface area (Å²) in [5.74, 6) is -3.91. The molecule has 1 aliphatic rings. The Morgan fingerprint density at radius 2 is 1.66 bits per heavy atom. The molecule has 4 aromatic rings. The molecule has 0 fully saturated rings. The van der Waals surface area contributed by atoms with Crippen molar-refractivity contribution in [2.45, 2.75) is 19.9 Å². The minimum absolute atomic E-state index is 0.00368. The van der Waals surface area contributed by atoms with Crippen LogP contribution in [0.5, 0.6) is 0 Å². The molecule has 0 saturated carbocycles. The van der Waals surface area contributed by atoms with E-state index in [9.17, 15) is 24.6 Å². The van der Waals surface area contributed by atoms with Crippen LogP contribution in [-0.4, -0.2) is 37.5 Å². The third-order valence-corrected chi connectivity index (χ3v) is 7.42. The number of ketones is 1. The molecule has 190 valence electrons. The van der Waals surface area contributed by atoms with Crippen molar-refractivity contribution in [3.05, 3.63) is 125 Å². The Balaban J connectivity index is 1.55. The van der Waals surface area contributed by atoms with E-state index in [1.807, 2.05) is 65.2 Å². The molecule has 2 unspecified atom stereocenters. The normalized spacial score (nSPS) is 19.0. The lowest BCUT2D eigenvalue weighted by Gasteiger charge is -2.36. The van der Waals surface area contributed by atoms with Crippen molar-refractivity contribution in [2.75, 3.05) is 0 Å². The molecule has 0 saturated heterocycles. The number of carbonyl (C=O) groups excluding carboxylic acids is 1. The molecule has 38 heavy (non-hydrogen) atoms. The summed E-state index contributed by atoms with van der Waals surface area (Å²) in [6, 6.07) is 22.4. The average Bonchev–Trinajstić information content (AvgIpc) is 3.35. The van der Waals surface area contributed by atoms with Crippen molar-refractivity contribution >= 4 is 28.5 Å². The van der Waals surface area contributed by atoms with Crippen molar-refractivity contribution in [1.82, 2.24) is 9.55 Å². The second-order valence-electron chi connectivity index (χ2n) is 9.56. The number of benzene rings is 3. The van der Waals surface area contributed by atoms with E-state index < -0.39 is 29.1 Å². The highest BCUT2D eigenvalue weighted by Gasteiger charge is 2.49. The highest BCUT2D eigenvalue weighted by atomic mass is 16.4. The molecule has 2 atom stereocenters. The van der Waals surface area contributed by atoms with Crippen LogP contribution < -0.4 is 0 Å². The number of imidazole rings is 1. The monoisotopic (exact) mass is 506 g/mol. The van der Waals surface area contributed by atoms with Crippen LogP contribution in [0.15, 0.2) is 109 Å². The van der Waals surface area contributed by atoms with Crippen molar-refractivity contribution in [3.8, 4) is 0 Å². The minimum atomic E-state index is -1.58. The number of aromatic nitrogens is 2. The van der Waals surface area contributed by atoms with E-state index in [0.717, 1.165) is 10.9 Å². The lowest BCUT2D eigenvalue weighted by Crippen LogP contribution is -2.43.